The van der Waals surface area contributed by atoms with Crippen LogP contribution in [0.3, 0.4) is 0 Å². The van der Waals surface area contributed by atoms with E-state index in [-0.39, 0.29) is 24.3 Å². The Hall–Kier alpha value is -2.37. The molecule has 0 unspecified atom stereocenters. The van der Waals surface area contributed by atoms with Crippen LogP contribution < -0.4 is 10.1 Å². The number of rotatable bonds is 6. The number of amides is 2. The normalized spacial score (nSPS) is 25.2. The molecule has 1 aliphatic carbocycles. The van der Waals surface area contributed by atoms with Crippen LogP contribution in [-0.4, -0.2) is 42.2 Å². The molecular weight excluding hydrogens is 354 g/mol. The zero-order valence-corrected chi connectivity index (χ0v) is 17.1. The SMILES string of the molecule is COc1ccc(C2=NN(CCC(=O)N[C@@H]3CCC[C@H](C)[C@H]3C)C(=O)CC2)cc1. The van der Waals surface area contributed by atoms with Gasteiger partial charge < -0.3 is 10.1 Å². The summed E-state index contributed by atoms with van der Waals surface area (Å²) in [7, 11) is 1.63. The summed E-state index contributed by atoms with van der Waals surface area (Å²) in [5, 5.41) is 9.14. The Kier molecular flexibility index (Phi) is 6.70. The lowest BCUT2D eigenvalue weighted by Crippen LogP contribution is -2.44. The Morgan fingerprint density at radius 1 is 1.21 bits per heavy atom. The molecular formula is C22H31N3O3. The zero-order chi connectivity index (χ0) is 20.1. The molecule has 152 valence electrons. The van der Waals surface area contributed by atoms with Crippen molar-refractivity contribution in [2.45, 2.75) is 58.4 Å². The van der Waals surface area contributed by atoms with E-state index in [1.54, 1.807) is 7.11 Å². The fourth-order valence-electron chi connectivity index (χ4n) is 4.04. The van der Waals surface area contributed by atoms with E-state index in [2.05, 4.69) is 24.3 Å². The largest absolute Gasteiger partial charge is 0.497 e. The number of nitrogens with zero attached hydrogens (tertiary/aromatic N) is 2. The number of carbonyl (C=O) groups is 2. The lowest BCUT2D eigenvalue weighted by Gasteiger charge is -2.34. The minimum Gasteiger partial charge on any atom is -0.497 e. The quantitative estimate of drug-likeness (QED) is 0.816. The predicted octanol–water partition coefficient (Wildman–Crippen LogP) is 3.35. The highest BCUT2D eigenvalue weighted by molar-refractivity contribution is 6.04. The third kappa shape index (κ3) is 4.91. The van der Waals surface area contributed by atoms with E-state index >= 15 is 0 Å². The second-order valence-corrected chi connectivity index (χ2v) is 7.98. The minimum absolute atomic E-state index is 0.00511. The summed E-state index contributed by atoms with van der Waals surface area (Å²) in [6.45, 7) is 4.79. The fourth-order valence-corrected chi connectivity index (χ4v) is 4.04. The van der Waals surface area contributed by atoms with Crippen molar-refractivity contribution in [3.05, 3.63) is 29.8 Å². The molecule has 1 saturated carbocycles. The Bertz CT molecular complexity index is 729. The van der Waals surface area contributed by atoms with E-state index in [0.717, 1.165) is 29.9 Å². The van der Waals surface area contributed by atoms with Crippen molar-refractivity contribution >= 4 is 17.5 Å². The number of hydrogen-bond donors (Lipinski definition) is 1. The molecule has 28 heavy (non-hydrogen) atoms. The van der Waals surface area contributed by atoms with Crippen LogP contribution >= 0.6 is 0 Å². The first-order valence-electron chi connectivity index (χ1n) is 10.3. The first-order chi connectivity index (χ1) is 13.5. The molecule has 1 aromatic carbocycles. The molecule has 2 amide bonds. The molecule has 3 rings (SSSR count). The van der Waals surface area contributed by atoms with Crippen molar-refractivity contribution in [2.75, 3.05) is 13.7 Å². The van der Waals surface area contributed by atoms with Crippen LogP contribution in [-0.2, 0) is 9.59 Å². The molecule has 3 atom stereocenters. The molecule has 1 N–H and O–H groups in total. The van der Waals surface area contributed by atoms with Gasteiger partial charge in [-0.05, 0) is 48.1 Å². The lowest BCUT2D eigenvalue weighted by molar-refractivity contribution is -0.132. The van der Waals surface area contributed by atoms with Gasteiger partial charge in [0.25, 0.3) is 0 Å². The van der Waals surface area contributed by atoms with Crippen molar-refractivity contribution in [2.24, 2.45) is 16.9 Å². The molecule has 1 heterocycles. The van der Waals surface area contributed by atoms with Crippen LogP contribution in [0.25, 0.3) is 0 Å². The third-order valence-electron chi connectivity index (χ3n) is 6.13. The van der Waals surface area contributed by atoms with Crippen LogP contribution in [0.2, 0.25) is 0 Å². The van der Waals surface area contributed by atoms with E-state index < -0.39 is 0 Å². The van der Waals surface area contributed by atoms with E-state index in [4.69, 9.17) is 4.74 Å². The van der Waals surface area contributed by atoms with Gasteiger partial charge >= 0.3 is 0 Å². The molecule has 0 bridgehead atoms. The van der Waals surface area contributed by atoms with Gasteiger partial charge in [-0.2, -0.15) is 5.10 Å². The van der Waals surface area contributed by atoms with Gasteiger partial charge in [-0.3, -0.25) is 9.59 Å². The summed E-state index contributed by atoms with van der Waals surface area (Å²) in [6, 6.07) is 7.91. The van der Waals surface area contributed by atoms with Gasteiger partial charge in [0.15, 0.2) is 0 Å². The summed E-state index contributed by atoms with van der Waals surface area (Å²) < 4.78 is 5.19. The third-order valence-corrected chi connectivity index (χ3v) is 6.13. The number of ether oxygens (including phenoxy) is 1. The van der Waals surface area contributed by atoms with Crippen LogP contribution in [0.15, 0.2) is 29.4 Å². The molecule has 1 aromatic rings. The molecule has 0 saturated heterocycles. The second kappa shape index (κ2) is 9.22. The van der Waals surface area contributed by atoms with Crippen molar-refractivity contribution in [3.8, 4) is 5.75 Å². The molecule has 6 heteroatoms. The van der Waals surface area contributed by atoms with Crippen molar-refractivity contribution in [1.29, 1.82) is 0 Å². The van der Waals surface area contributed by atoms with E-state index in [1.165, 1.54) is 11.4 Å². The van der Waals surface area contributed by atoms with E-state index in [0.29, 0.717) is 31.2 Å². The molecule has 0 radical (unpaired) electrons. The average molecular weight is 386 g/mol. The van der Waals surface area contributed by atoms with E-state index in [9.17, 15) is 9.59 Å². The number of nitrogens with one attached hydrogen (secondary N) is 1. The number of hydrogen-bond acceptors (Lipinski definition) is 4. The molecule has 0 aromatic heterocycles. The van der Waals surface area contributed by atoms with Crippen molar-refractivity contribution < 1.29 is 14.3 Å². The van der Waals surface area contributed by atoms with Gasteiger partial charge in [0.2, 0.25) is 11.8 Å². The highest BCUT2D eigenvalue weighted by Crippen LogP contribution is 2.29. The van der Waals surface area contributed by atoms with Crippen LogP contribution in [0.4, 0.5) is 0 Å². The Morgan fingerprint density at radius 2 is 1.96 bits per heavy atom. The molecule has 2 aliphatic rings. The number of carbonyl (C=O) groups excluding carboxylic acids is 2. The number of methoxy groups -OCH3 is 1. The van der Waals surface area contributed by atoms with Crippen molar-refractivity contribution in [3.63, 3.8) is 0 Å². The maximum atomic E-state index is 12.4. The average Bonchev–Trinajstić information content (AvgIpc) is 2.71. The minimum atomic E-state index is -0.0234. The summed E-state index contributed by atoms with van der Waals surface area (Å²) in [5.74, 6) is 1.90. The smallest absolute Gasteiger partial charge is 0.243 e. The first kappa shape index (κ1) is 20.4. The second-order valence-electron chi connectivity index (χ2n) is 7.98. The topological polar surface area (TPSA) is 71.0 Å². The van der Waals surface area contributed by atoms with Gasteiger partial charge in [-0.15, -0.1) is 0 Å². The monoisotopic (exact) mass is 385 g/mol. The maximum absolute atomic E-state index is 12.4. The standard InChI is InChI=1S/C22H31N3O3/c1-15-5-4-6-19(16(15)2)23-21(26)13-14-25-22(27)12-11-20(24-25)17-7-9-18(28-3)10-8-17/h7-10,15-16,19H,4-6,11-14H2,1-3H3,(H,23,26)/t15-,16+,19+/m0/s1. The Balaban J connectivity index is 1.57. The summed E-state index contributed by atoms with van der Waals surface area (Å²) in [6.07, 6.45) is 4.76. The number of benzene rings is 1. The number of hydrazone groups is 1. The van der Waals surface area contributed by atoms with Crippen molar-refractivity contribution in [1.82, 2.24) is 10.3 Å². The van der Waals surface area contributed by atoms with Crippen LogP contribution in [0.5, 0.6) is 5.75 Å². The molecule has 1 fully saturated rings. The van der Waals surface area contributed by atoms with Crippen LogP contribution in [0.1, 0.15) is 57.9 Å². The molecule has 6 nitrogen and oxygen atoms in total. The highest BCUT2D eigenvalue weighted by Gasteiger charge is 2.28. The molecule has 1 aliphatic heterocycles. The Labute approximate surface area is 167 Å². The summed E-state index contributed by atoms with van der Waals surface area (Å²) >= 11 is 0. The summed E-state index contributed by atoms with van der Waals surface area (Å²) in [4.78, 5) is 24.7. The first-order valence-corrected chi connectivity index (χ1v) is 10.3. The molecule has 0 spiro atoms. The predicted molar refractivity (Wildman–Crippen MR) is 109 cm³/mol. The van der Waals surface area contributed by atoms with Gasteiger partial charge in [0.1, 0.15) is 5.75 Å². The van der Waals surface area contributed by atoms with Gasteiger partial charge in [-0.1, -0.05) is 26.7 Å². The zero-order valence-electron chi connectivity index (χ0n) is 17.1. The van der Waals surface area contributed by atoms with Gasteiger partial charge in [-0.25, -0.2) is 5.01 Å². The van der Waals surface area contributed by atoms with E-state index in [1.807, 2.05) is 24.3 Å². The Morgan fingerprint density at radius 3 is 2.68 bits per heavy atom. The van der Waals surface area contributed by atoms with Gasteiger partial charge in [0.05, 0.1) is 19.4 Å². The fraction of sp³-hybridized carbons (Fsp3) is 0.591. The van der Waals surface area contributed by atoms with Gasteiger partial charge in [0, 0.05) is 25.3 Å². The lowest BCUT2D eigenvalue weighted by atomic mass is 9.78. The maximum Gasteiger partial charge on any atom is 0.243 e. The van der Waals surface area contributed by atoms with Crippen LogP contribution in [0, 0.1) is 11.8 Å². The summed E-state index contributed by atoms with van der Waals surface area (Å²) in [5.41, 5.74) is 1.85. The highest BCUT2D eigenvalue weighted by atomic mass is 16.5.